The lowest BCUT2D eigenvalue weighted by atomic mass is 10.1. The highest BCUT2D eigenvalue weighted by atomic mass is 16.5. The number of nitrogens with one attached hydrogen (secondary N) is 1. The van der Waals surface area contributed by atoms with Crippen molar-refractivity contribution in [3.63, 3.8) is 0 Å². The number of fused-ring (bicyclic) bond motifs is 3. The topological polar surface area (TPSA) is 73.8 Å². The Morgan fingerprint density at radius 3 is 2.84 bits per heavy atom. The van der Waals surface area contributed by atoms with Crippen molar-refractivity contribution in [2.45, 2.75) is 0 Å². The average molecular weight is 252 g/mol. The molecule has 0 fully saturated rings. The standard InChI is InChI=1S/C14H12N4O/c15-18-16-7-8-19-10-5-6-14-12(9-10)11-3-1-2-4-13(11)17-14/h1-6,9,17H,7-8H2. The van der Waals surface area contributed by atoms with Crippen LogP contribution in [-0.4, -0.2) is 18.1 Å². The van der Waals surface area contributed by atoms with Crippen LogP contribution < -0.4 is 4.74 Å². The highest BCUT2D eigenvalue weighted by Gasteiger charge is 2.04. The van der Waals surface area contributed by atoms with Gasteiger partial charge in [-0.2, -0.15) is 0 Å². The number of aromatic nitrogens is 1. The first kappa shape index (κ1) is 11.4. The molecule has 2 aromatic carbocycles. The number of benzene rings is 2. The van der Waals surface area contributed by atoms with Gasteiger partial charge < -0.3 is 9.72 Å². The number of para-hydroxylation sites is 1. The van der Waals surface area contributed by atoms with Crippen molar-refractivity contribution in [2.24, 2.45) is 5.11 Å². The van der Waals surface area contributed by atoms with Gasteiger partial charge in [0.15, 0.2) is 0 Å². The molecule has 19 heavy (non-hydrogen) atoms. The maximum absolute atomic E-state index is 8.19. The summed E-state index contributed by atoms with van der Waals surface area (Å²) in [4.78, 5) is 6.05. The molecule has 94 valence electrons. The van der Waals surface area contributed by atoms with Crippen LogP contribution in [0.1, 0.15) is 0 Å². The molecule has 0 saturated heterocycles. The van der Waals surface area contributed by atoms with Crippen molar-refractivity contribution in [3.8, 4) is 5.75 Å². The Balaban J connectivity index is 1.95. The van der Waals surface area contributed by atoms with Crippen molar-refractivity contribution in [2.75, 3.05) is 13.2 Å². The highest BCUT2D eigenvalue weighted by molar-refractivity contribution is 6.07. The van der Waals surface area contributed by atoms with Gasteiger partial charge >= 0.3 is 0 Å². The lowest BCUT2D eigenvalue weighted by molar-refractivity contribution is 0.328. The highest BCUT2D eigenvalue weighted by Crippen LogP contribution is 2.28. The number of rotatable bonds is 4. The minimum Gasteiger partial charge on any atom is -0.493 e. The first-order valence-electron chi connectivity index (χ1n) is 6.02. The van der Waals surface area contributed by atoms with Crippen molar-refractivity contribution in [1.29, 1.82) is 0 Å². The number of aromatic amines is 1. The van der Waals surface area contributed by atoms with Gasteiger partial charge in [0.25, 0.3) is 0 Å². The summed E-state index contributed by atoms with van der Waals surface area (Å²) in [5.74, 6) is 0.783. The van der Waals surface area contributed by atoms with Crippen molar-refractivity contribution < 1.29 is 4.74 Å². The molecule has 1 aromatic heterocycles. The fraction of sp³-hybridized carbons (Fsp3) is 0.143. The normalized spacial score (nSPS) is 10.5. The van der Waals surface area contributed by atoms with Gasteiger partial charge in [0.2, 0.25) is 0 Å². The lowest BCUT2D eigenvalue weighted by Crippen LogP contribution is -1.99. The van der Waals surface area contributed by atoms with E-state index in [1.807, 2.05) is 30.3 Å². The van der Waals surface area contributed by atoms with Gasteiger partial charge in [-0.15, -0.1) is 0 Å². The number of H-pyrrole nitrogens is 1. The Kier molecular flexibility index (Phi) is 2.96. The third kappa shape index (κ3) is 2.19. The third-order valence-corrected chi connectivity index (χ3v) is 3.00. The fourth-order valence-corrected chi connectivity index (χ4v) is 2.17. The van der Waals surface area contributed by atoms with Crippen LogP contribution in [0, 0.1) is 0 Å². The summed E-state index contributed by atoms with van der Waals surface area (Å²) in [5.41, 5.74) is 10.4. The van der Waals surface area contributed by atoms with Crippen LogP contribution in [0.2, 0.25) is 0 Å². The minimum atomic E-state index is 0.336. The van der Waals surface area contributed by atoms with Gasteiger partial charge in [0.05, 0.1) is 13.2 Å². The molecule has 3 aromatic rings. The molecule has 5 nitrogen and oxygen atoms in total. The van der Waals surface area contributed by atoms with Gasteiger partial charge in [0, 0.05) is 26.7 Å². The molecule has 0 amide bonds. The molecule has 0 saturated carbocycles. The van der Waals surface area contributed by atoms with E-state index in [0.29, 0.717) is 13.2 Å². The van der Waals surface area contributed by atoms with Crippen LogP contribution in [0.15, 0.2) is 47.6 Å². The molecule has 0 aliphatic carbocycles. The fourth-order valence-electron chi connectivity index (χ4n) is 2.17. The van der Waals surface area contributed by atoms with Gasteiger partial charge in [-0.3, -0.25) is 0 Å². The molecular formula is C14H12N4O. The predicted octanol–water partition coefficient (Wildman–Crippen LogP) is 4.01. The first-order valence-corrected chi connectivity index (χ1v) is 6.02. The third-order valence-electron chi connectivity index (χ3n) is 3.00. The van der Waals surface area contributed by atoms with E-state index in [0.717, 1.165) is 22.2 Å². The number of hydrogen-bond donors (Lipinski definition) is 1. The van der Waals surface area contributed by atoms with Crippen LogP contribution in [-0.2, 0) is 0 Å². The molecule has 0 spiro atoms. The quantitative estimate of drug-likeness (QED) is 0.324. The zero-order valence-corrected chi connectivity index (χ0v) is 10.2. The Morgan fingerprint density at radius 1 is 1.11 bits per heavy atom. The molecule has 5 heteroatoms. The largest absolute Gasteiger partial charge is 0.493 e. The maximum Gasteiger partial charge on any atom is 0.120 e. The van der Waals surface area contributed by atoms with Crippen molar-refractivity contribution in [1.82, 2.24) is 4.98 Å². The molecule has 0 bridgehead atoms. The van der Waals surface area contributed by atoms with Gasteiger partial charge in [0.1, 0.15) is 5.75 Å². The van der Waals surface area contributed by atoms with Crippen molar-refractivity contribution in [3.05, 3.63) is 52.9 Å². The van der Waals surface area contributed by atoms with Gasteiger partial charge in [-0.25, -0.2) is 0 Å². The van der Waals surface area contributed by atoms with E-state index in [1.54, 1.807) is 0 Å². The smallest absolute Gasteiger partial charge is 0.120 e. The zero-order valence-electron chi connectivity index (χ0n) is 10.2. The summed E-state index contributed by atoms with van der Waals surface area (Å²) in [6.45, 7) is 0.723. The molecule has 0 atom stereocenters. The minimum absolute atomic E-state index is 0.336. The maximum atomic E-state index is 8.19. The van der Waals surface area contributed by atoms with Crippen LogP contribution >= 0.6 is 0 Å². The van der Waals surface area contributed by atoms with E-state index in [2.05, 4.69) is 27.1 Å². The van der Waals surface area contributed by atoms with Crippen LogP contribution in [0.25, 0.3) is 32.2 Å². The Labute approximate surface area is 109 Å². The number of nitrogens with zero attached hydrogens (tertiary/aromatic N) is 3. The molecule has 1 N–H and O–H groups in total. The summed E-state index contributed by atoms with van der Waals surface area (Å²) < 4.78 is 5.56. The van der Waals surface area contributed by atoms with E-state index < -0.39 is 0 Å². The van der Waals surface area contributed by atoms with E-state index in [1.165, 1.54) is 5.39 Å². The Morgan fingerprint density at radius 2 is 1.95 bits per heavy atom. The van der Waals surface area contributed by atoms with Crippen molar-refractivity contribution >= 4 is 21.8 Å². The number of ether oxygens (including phenoxy) is 1. The average Bonchev–Trinajstić information content (AvgIpc) is 2.82. The van der Waals surface area contributed by atoms with E-state index >= 15 is 0 Å². The summed E-state index contributed by atoms with van der Waals surface area (Å²) in [6.07, 6.45) is 0. The SMILES string of the molecule is [N-]=[N+]=NCCOc1ccc2[nH]c3ccccc3c2c1. The molecule has 0 aliphatic rings. The second-order valence-corrected chi connectivity index (χ2v) is 4.18. The molecule has 0 unspecified atom stereocenters. The zero-order chi connectivity index (χ0) is 13.1. The lowest BCUT2D eigenvalue weighted by Gasteiger charge is -2.03. The van der Waals surface area contributed by atoms with E-state index in [-0.39, 0.29) is 0 Å². The van der Waals surface area contributed by atoms with Gasteiger partial charge in [-0.05, 0) is 29.8 Å². The molecule has 1 heterocycles. The molecule has 0 aliphatic heterocycles. The number of hydrogen-bond acceptors (Lipinski definition) is 2. The predicted molar refractivity (Wildman–Crippen MR) is 75.3 cm³/mol. The Bertz CT molecular complexity index is 771. The van der Waals surface area contributed by atoms with Crippen LogP contribution in [0.3, 0.4) is 0 Å². The first-order chi connectivity index (χ1) is 9.38. The monoisotopic (exact) mass is 252 g/mol. The van der Waals surface area contributed by atoms with Gasteiger partial charge in [-0.1, -0.05) is 23.3 Å². The number of azide groups is 1. The Hall–Kier alpha value is -2.65. The van der Waals surface area contributed by atoms with E-state index in [4.69, 9.17) is 10.3 Å². The summed E-state index contributed by atoms with van der Waals surface area (Å²) >= 11 is 0. The second kappa shape index (κ2) is 4.92. The summed E-state index contributed by atoms with van der Waals surface area (Å²) in [5, 5.41) is 5.75. The molecule has 0 radical (unpaired) electrons. The summed E-state index contributed by atoms with van der Waals surface area (Å²) in [7, 11) is 0. The molecule has 3 rings (SSSR count). The second-order valence-electron chi connectivity index (χ2n) is 4.18. The van der Waals surface area contributed by atoms with Crippen LogP contribution in [0.4, 0.5) is 0 Å². The molecular weight excluding hydrogens is 240 g/mol. The van der Waals surface area contributed by atoms with Crippen LogP contribution in [0.5, 0.6) is 5.75 Å². The summed E-state index contributed by atoms with van der Waals surface area (Å²) in [6, 6.07) is 14.1. The van der Waals surface area contributed by atoms with E-state index in [9.17, 15) is 0 Å².